The highest BCUT2D eigenvalue weighted by Crippen LogP contribution is 2.36. The minimum Gasteiger partial charge on any atom is -0.494 e. The Morgan fingerprint density at radius 1 is 1.23 bits per heavy atom. The normalized spacial score (nSPS) is 16.5. The average Bonchev–Trinajstić information content (AvgIpc) is 3.29. The van der Waals surface area contributed by atoms with Gasteiger partial charge < -0.3 is 14.6 Å². The van der Waals surface area contributed by atoms with Crippen LogP contribution in [0.1, 0.15) is 48.0 Å². The Morgan fingerprint density at radius 2 is 2.06 bits per heavy atom. The fourth-order valence-electron chi connectivity index (χ4n) is 3.51. The summed E-state index contributed by atoms with van der Waals surface area (Å²) < 4.78 is 39.1. The lowest BCUT2D eigenvalue weighted by molar-refractivity contribution is -0.0393. The largest absolute Gasteiger partial charge is 0.494 e. The molecule has 4 heterocycles. The molecule has 1 aliphatic heterocycles. The van der Waals surface area contributed by atoms with Gasteiger partial charge in [-0.25, -0.2) is 18.3 Å². The zero-order valence-electron chi connectivity index (χ0n) is 16.7. The second-order valence-electron chi connectivity index (χ2n) is 7.03. The molecule has 8 nitrogen and oxygen atoms in total. The van der Waals surface area contributed by atoms with Crippen LogP contribution in [0.2, 0.25) is 0 Å². The number of carboxylic acids is 1. The molecule has 4 rings (SSSR count). The Morgan fingerprint density at radius 3 is 2.74 bits per heavy atom. The van der Waals surface area contributed by atoms with Crippen molar-refractivity contribution in [3.8, 4) is 28.3 Å². The zero-order chi connectivity index (χ0) is 22.0. The molecule has 0 spiro atoms. The third-order valence-corrected chi connectivity index (χ3v) is 5.08. The van der Waals surface area contributed by atoms with Gasteiger partial charge in [-0.3, -0.25) is 9.97 Å². The highest BCUT2D eigenvalue weighted by atomic mass is 19.3. The van der Waals surface area contributed by atoms with Crippen LogP contribution in [0.25, 0.3) is 22.5 Å². The number of pyridine rings is 2. The minimum atomic E-state index is -2.81. The first-order valence-corrected chi connectivity index (χ1v) is 9.71. The number of rotatable bonds is 6. The molecule has 0 saturated carbocycles. The third kappa shape index (κ3) is 4.24. The number of ether oxygens (including phenoxy) is 2. The number of nitrogens with zero attached hydrogens (tertiary/aromatic N) is 4. The van der Waals surface area contributed by atoms with Gasteiger partial charge in [0.25, 0.3) is 6.43 Å². The smallest absolute Gasteiger partial charge is 0.337 e. The van der Waals surface area contributed by atoms with Crippen LogP contribution in [0.4, 0.5) is 8.78 Å². The summed E-state index contributed by atoms with van der Waals surface area (Å²) in [6.45, 7) is 0.671. The Balaban J connectivity index is 1.79. The molecule has 1 unspecified atom stereocenters. The van der Waals surface area contributed by atoms with E-state index in [0.29, 0.717) is 18.0 Å². The first-order valence-electron chi connectivity index (χ1n) is 9.71. The molecule has 1 aliphatic rings. The lowest BCUT2D eigenvalue weighted by Gasteiger charge is -2.22. The van der Waals surface area contributed by atoms with E-state index in [1.807, 2.05) is 0 Å². The summed E-state index contributed by atoms with van der Waals surface area (Å²) in [6, 6.07) is 4.38. The number of aromatic carboxylic acids is 1. The standard InChI is InChI=1S/C21H20F2N4O4/c1-30-18-11-25-17(20(22)23)9-13(18)12-8-16(24-10-14(12)21(28)29)15-5-6-27(26-15)19-4-2-3-7-31-19/h5-6,8-11,19-20H,2-4,7H2,1H3,(H,28,29). The summed E-state index contributed by atoms with van der Waals surface area (Å²) in [7, 11) is 1.36. The molecule has 10 heteroatoms. The summed E-state index contributed by atoms with van der Waals surface area (Å²) in [5, 5.41) is 14.1. The maximum Gasteiger partial charge on any atom is 0.337 e. The second-order valence-corrected chi connectivity index (χ2v) is 7.03. The monoisotopic (exact) mass is 430 g/mol. The van der Waals surface area contributed by atoms with Crippen LogP contribution in [0.15, 0.2) is 36.8 Å². The lowest BCUT2D eigenvalue weighted by atomic mass is 9.99. The number of methoxy groups -OCH3 is 1. The second kappa shape index (κ2) is 8.76. The van der Waals surface area contributed by atoms with Gasteiger partial charge in [0, 0.05) is 30.1 Å². The fraction of sp³-hybridized carbons (Fsp3) is 0.333. The van der Waals surface area contributed by atoms with E-state index in [2.05, 4.69) is 15.1 Å². The van der Waals surface area contributed by atoms with E-state index in [1.54, 1.807) is 16.9 Å². The highest BCUT2D eigenvalue weighted by molar-refractivity contribution is 5.97. The number of hydrogen-bond donors (Lipinski definition) is 1. The van der Waals surface area contributed by atoms with E-state index in [9.17, 15) is 18.7 Å². The van der Waals surface area contributed by atoms with Crippen LogP contribution in [0, 0.1) is 0 Å². The molecule has 0 aromatic carbocycles. The van der Waals surface area contributed by atoms with E-state index in [4.69, 9.17) is 9.47 Å². The van der Waals surface area contributed by atoms with Gasteiger partial charge in [-0.05, 0) is 37.5 Å². The molecule has 0 aliphatic carbocycles. The van der Waals surface area contributed by atoms with Crippen LogP contribution >= 0.6 is 0 Å². The number of hydrogen-bond acceptors (Lipinski definition) is 6. The number of aromatic nitrogens is 4. The molecule has 0 bridgehead atoms. The van der Waals surface area contributed by atoms with Gasteiger partial charge in [0.2, 0.25) is 0 Å². The predicted molar refractivity (Wildman–Crippen MR) is 106 cm³/mol. The van der Waals surface area contributed by atoms with Crippen molar-refractivity contribution in [3.05, 3.63) is 48.0 Å². The van der Waals surface area contributed by atoms with E-state index >= 15 is 0 Å². The van der Waals surface area contributed by atoms with Crippen molar-refractivity contribution in [2.45, 2.75) is 31.9 Å². The molecule has 162 valence electrons. The summed E-state index contributed by atoms with van der Waals surface area (Å²) in [4.78, 5) is 19.7. The Kier molecular flexibility index (Phi) is 5.90. The van der Waals surface area contributed by atoms with Crippen molar-refractivity contribution in [1.29, 1.82) is 0 Å². The van der Waals surface area contributed by atoms with E-state index in [0.717, 1.165) is 31.5 Å². The van der Waals surface area contributed by atoms with Gasteiger partial charge >= 0.3 is 5.97 Å². The highest BCUT2D eigenvalue weighted by Gasteiger charge is 2.22. The van der Waals surface area contributed by atoms with Crippen LogP contribution in [0.5, 0.6) is 5.75 Å². The quantitative estimate of drug-likeness (QED) is 0.621. The topological polar surface area (TPSA) is 99.4 Å². The first kappa shape index (κ1) is 20.9. The van der Waals surface area contributed by atoms with Gasteiger partial charge in [-0.1, -0.05) is 0 Å². The van der Waals surface area contributed by atoms with Crippen LogP contribution < -0.4 is 4.74 Å². The fourth-order valence-corrected chi connectivity index (χ4v) is 3.51. The van der Waals surface area contributed by atoms with Crippen LogP contribution in [-0.4, -0.2) is 44.5 Å². The van der Waals surface area contributed by atoms with Crippen molar-refractivity contribution in [2.75, 3.05) is 13.7 Å². The van der Waals surface area contributed by atoms with Crippen LogP contribution in [0.3, 0.4) is 0 Å². The summed E-state index contributed by atoms with van der Waals surface area (Å²) in [5.74, 6) is -1.07. The summed E-state index contributed by atoms with van der Waals surface area (Å²) in [6.07, 6.45) is 4.05. The molecule has 3 aromatic rings. The molecule has 3 aromatic heterocycles. The SMILES string of the molecule is COc1cnc(C(F)F)cc1-c1cc(-c2ccn(C3CCCCO3)n2)ncc1C(=O)O. The minimum absolute atomic E-state index is 0.150. The van der Waals surface area contributed by atoms with Gasteiger partial charge in [0.15, 0.2) is 0 Å². The van der Waals surface area contributed by atoms with Gasteiger partial charge in [0.05, 0.1) is 24.6 Å². The predicted octanol–water partition coefficient (Wildman–Crippen LogP) is 4.35. The Hall–Kier alpha value is -3.40. The third-order valence-electron chi connectivity index (χ3n) is 5.08. The molecule has 0 radical (unpaired) electrons. The molecule has 1 fully saturated rings. The Bertz CT molecular complexity index is 1100. The maximum atomic E-state index is 13.2. The van der Waals surface area contributed by atoms with Crippen molar-refractivity contribution >= 4 is 5.97 Å². The van der Waals surface area contributed by atoms with Crippen molar-refractivity contribution < 1.29 is 28.2 Å². The van der Waals surface area contributed by atoms with E-state index < -0.39 is 18.1 Å². The maximum absolute atomic E-state index is 13.2. The molecule has 1 N–H and O–H groups in total. The Labute approximate surface area is 176 Å². The average molecular weight is 430 g/mol. The summed E-state index contributed by atoms with van der Waals surface area (Å²) >= 11 is 0. The number of alkyl halides is 2. The van der Waals surface area contributed by atoms with Crippen LogP contribution in [-0.2, 0) is 4.74 Å². The van der Waals surface area contributed by atoms with Gasteiger partial charge in [-0.2, -0.15) is 5.10 Å². The number of carboxylic acid groups (broad SMARTS) is 1. The molecular weight excluding hydrogens is 410 g/mol. The first-order chi connectivity index (χ1) is 15.0. The van der Waals surface area contributed by atoms with Crippen molar-refractivity contribution in [3.63, 3.8) is 0 Å². The van der Waals surface area contributed by atoms with Crippen molar-refractivity contribution in [1.82, 2.24) is 19.7 Å². The van der Waals surface area contributed by atoms with Gasteiger partial charge in [-0.15, -0.1) is 0 Å². The van der Waals surface area contributed by atoms with Gasteiger partial charge in [0.1, 0.15) is 23.4 Å². The number of halogens is 2. The van der Waals surface area contributed by atoms with E-state index in [1.165, 1.54) is 19.4 Å². The molecular formula is C21H20F2N4O4. The summed E-state index contributed by atoms with van der Waals surface area (Å²) in [5.41, 5.74) is 0.639. The van der Waals surface area contributed by atoms with Crippen molar-refractivity contribution in [2.24, 2.45) is 0 Å². The molecule has 0 amide bonds. The van der Waals surface area contributed by atoms with E-state index in [-0.39, 0.29) is 28.7 Å². The zero-order valence-corrected chi connectivity index (χ0v) is 16.7. The molecule has 1 saturated heterocycles. The lowest BCUT2D eigenvalue weighted by Crippen LogP contribution is -2.18. The molecule has 31 heavy (non-hydrogen) atoms. The number of carbonyl (C=O) groups is 1. The molecule has 1 atom stereocenters.